The molecule has 0 unspecified atom stereocenters. The third-order valence-corrected chi connectivity index (χ3v) is 4.32. The van der Waals surface area contributed by atoms with Gasteiger partial charge in [-0.3, -0.25) is 0 Å². The molecule has 1 nitrogen and oxygen atoms in total. The second-order valence-corrected chi connectivity index (χ2v) is 5.96. The van der Waals surface area contributed by atoms with Crippen molar-refractivity contribution in [3.63, 3.8) is 0 Å². The van der Waals surface area contributed by atoms with E-state index in [0.29, 0.717) is 11.6 Å². The van der Waals surface area contributed by atoms with Gasteiger partial charge in [-0.15, -0.1) is 0 Å². The van der Waals surface area contributed by atoms with Crippen LogP contribution in [0.4, 0.5) is 14.5 Å². The van der Waals surface area contributed by atoms with E-state index in [0.717, 1.165) is 22.2 Å². The fraction of sp³-hybridized carbons (Fsp3) is 0.0769. The first-order valence-electron chi connectivity index (χ1n) is 5.29. The molecule has 0 amide bonds. The van der Waals surface area contributed by atoms with E-state index in [9.17, 15) is 8.78 Å². The smallest absolute Gasteiger partial charge is 0.147 e. The van der Waals surface area contributed by atoms with Crippen LogP contribution in [0.3, 0.4) is 0 Å². The van der Waals surface area contributed by atoms with Gasteiger partial charge in [-0.2, -0.15) is 0 Å². The molecule has 1 N–H and O–H groups in total. The summed E-state index contributed by atoms with van der Waals surface area (Å²) in [5, 5.41) is 3.41. The second-order valence-electron chi connectivity index (χ2n) is 3.85. The molecule has 6 heteroatoms. The summed E-state index contributed by atoms with van der Waals surface area (Å²) in [4.78, 5) is 0. The Labute approximate surface area is 131 Å². The van der Waals surface area contributed by atoms with E-state index in [-0.39, 0.29) is 10.2 Å². The highest BCUT2D eigenvalue weighted by atomic mass is 79.9. The van der Waals surface area contributed by atoms with Crippen LogP contribution in [0.25, 0.3) is 0 Å². The summed E-state index contributed by atoms with van der Waals surface area (Å²) in [6, 6.07) is 7.60. The molecular formula is C13H8Br2ClF2N. The van der Waals surface area contributed by atoms with Crippen LogP contribution < -0.4 is 5.32 Å². The molecule has 19 heavy (non-hydrogen) atoms. The average molecular weight is 411 g/mol. The Hall–Kier alpha value is -0.650. The molecular weight excluding hydrogens is 403 g/mol. The van der Waals surface area contributed by atoms with Gasteiger partial charge in [0.1, 0.15) is 11.6 Å². The van der Waals surface area contributed by atoms with E-state index in [1.165, 1.54) is 0 Å². The van der Waals surface area contributed by atoms with Crippen molar-refractivity contribution < 1.29 is 8.78 Å². The van der Waals surface area contributed by atoms with Crippen LogP contribution in [0.2, 0.25) is 5.02 Å². The zero-order valence-corrected chi connectivity index (χ0v) is 13.4. The molecule has 2 aromatic rings. The molecule has 0 atom stereocenters. The largest absolute Gasteiger partial charge is 0.379 e. The average Bonchev–Trinajstić information content (AvgIpc) is 2.36. The minimum atomic E-state index is -0.517. The Morgan fingerprint density at radius 1 is 1.00 bits per heavy atom. The van der Waals surface area contributed by atoms with Gasteiger partial charge in [-0.25, -0.2) is 8.78 Å². The quantitative estimate of drug-likeness (QED) is 0.634. The van der Waals surface area contributed by atoms with Crippen LogP contribution in [0, 0.1) is 11.6 Å². The molecule has 0 aliphatic rings. The van der Waals surface area contributed by atoms with E-state index in [2.05, 4.69) is 37.2 Å². The molecule has 2 aromatic carbocycles. The summed E-state index contributed by atoms with van der Waals surface area (Å²) >= 11 is 12.2. The number of anilines is 1. The topological polar surface area (TPSA) is 12.0 Å². The van der Waals surface area contributed by atoms with E-state index < -0.39 is 11.6 Å². The lowest BCUT2D eigenvalue weighted by Crippen LogP contribution is -2.02. The Morgan fingerprint density at radius 3 is 2.42 bits per heavy atom. The molecule has 100 valence electrons. The summed E-state index contributed by atoms with van der Waals surface area (Å²) < 4.78 is 27.8. The van der Waals surface area contributed by atoms with Gasteiger partial charge in [0.2, 0.25) is 0 Å². The maximum Gasteiger partial charge on any atom is 0.147 e. The monoisotopic (exact) mass is 409 g/mol. The first kappa shape index (κ1) is 14.8. The Balaban J connectivity index is 2.14. The SMILES string of the molecule is Fc1cc(NCc2ccc(Br)c(Cl)c2)c(F)cc1Br. The van der Waals surface area contributed by atoms with E-state index in [4.69, 9.17) is 11.6 Å². The zero-order valence-electron chi connectivity index (χ0n) is 9.48. The summed E-state index contributed by atoms with van der Waals surface area (Å²) in [5.41, 5.74) is 0.982. The van der Waals surface area contributed by atoms with Gasteiger partial charge >= 0.3 is 0 Å². The summed E-state index contributed by atoms with van der Waals surface area (Å²) in [7, 11) is 0. The van der Waals surface area contributed by atoms with Crippen LogP contribution in [-0.4, -0.2) is 0 Å². The highest BCUT2D eigenvalue weighted by Gasteiger charge is 2.08. The van der Waals surface area contributed by atoms with E-state index in [1.54, 1.807) is 12.1 Å². The van der Waals surface area contributed by atoms with Crippen LogP contribution in [0.15, 0.2) is 39.3 Å². The van der Waals surface area contributed by atoms with Crippen molar-refractivity contribution in [1.82, 2.24) is 0 Å². The molecule has 0 fully saturated rings. The number of hydrogen-bond donors (Lipinski definition) is 1. The van der Waals surface area contributed by atoms with Gasteiger partial charge < -0.3 is 5.32 Å². The van der Waals surface area contributed by atoms with Gasteiger partial charge in [-0.1, -0.05) is 17.7 Å². The van der Waals surface area contributed by atoms with Gasteiger partial charge in [0, 0.05) is 17.1 Å². The number of rotatable bonds is 3. The highest BCUT2D eigenvalue weighted by Crippen LogP contribution is 2.26. The Bertz CT molecular complexity index is 620. The molecule has 0 heterocycles. The van der Waals surface area contributed by atoms with E-state index >= 15 is 0 Å². The lowest BCUT2D eigenvalue weighted by atomic mass is 10.2. The number of hydrogen-bond acceptors (Lipinski definition) is 1. The predicted molar refractivity (Wildman–Crippen MR) is 80.5 cm³/mol. The third-order valence-electron chi connectivity index (χ3n) is 2.48. The third kappa shape index (κ3) is 3.68. The molecule has 0 bridgehead atoms. The first-order chi connectivity index (χ1) is 8.97. The summed E-state index contributed by atoms with van der Waals surface area (Å²) in [6.07, 6.45) is 0. The summed E-state index contributed by atoms with van der Waals surface area (Å²) in [5.74, 6) is -1.03. The highest BCUT2D eigenvalue weighted by molar-refractivity contribution is 9.10. The van der Waals surface area contributed by atoms with Crippen LogP contribution >= 0.6 is 43.5 Å². The lowest BCUT2D eigenvalue weighted by molar-refractivity contribution is 0.596. The van der Waals surface area contributed by atoms with Gasteiger partial charge in [-0.05, 0) is 55.6 Å². The molecule has 0 saturated carbocycles. The molecule has 0 aliphatic heterocycles. The molecule has 2 rings (SSSR count). The molecule has 0 aromatic heterocycles. The van der Waals surface area contributed by atoms with Crippen molar-refractivity contribution in [3.8, 4) is 0 Å². The molecule has 0 spiro atoms. The van der Waals surface area contributed by atoms with Crippen molar-refractivity contribution >= 4 is 49.1 Å². The van der Waals surface area contributed by atoms with Crippen LogP contribution in [0.1, 0.15) is 5.56 Å². The van der Waals surface area contributed by atoms with Gasteiger partial charge in [0.05, 0.1) is 15.2 Å². The Morgan fingerprint density at radius 2 is 1.74 bits per heavy atom. The number of nitrogens with one attached hydrogen (secondary N) is 1. The maximum atomic E-state index is 13.6. The summed E-state index contributed by atoms with van der Waals surface area (Å²) in [6.45, 7) is 0.352. The zero-order chi connectivity index (χ0) is 14.0. The number of halogens is 5. The minimum Gasteiger partial charge on any atom is -0.379 e. The molecule has 0 radical (unpaired) electrons. The molecule has 0 saturated heterocycles. The van der Waals surface area contributed by atoms with Gasteiger partial charge in [0.15, 0.2) is 0 Å². The second kappa shape index (κ2) is 6.20. The fourth-order valence-electron chi connectivity index (χ4n) is 1.50. The normalized spacial score (nSPS) is 10.6. The van der Waals surface area contributed by atoms with Crippen molar-refractivity contribution in [1.29, 1.82) is 0 Å². The van der Waals surface area contributed by atoms with Crippen LogP contribution in [0.5, 0.6) is 0 Å². The van der Waals surface area contributed by atoms with E-state index in [1.807, 2.05) is 6.07 Å². The van der Waals surface area contributed by atoms with Crippen molar-refractivity contribution in [2.45, 2.75) is 6.54 Å². The van der Waals surface area contributed by atoms with Crippen molar-refractivity contribution in [2.24, 2.45) is 0 Å². The van der Waals surface area contributed by atoms with Crippen molar-refractivity contribution in [2.75, 3.05) is 5.32 Å². The Kier molecular flexibility index (Phi) is 4.81. The molecule has 0 aliphatic carbocycles. The van der Waals surface area contributed by atoms with Gasteiger partial charge in [0.25, 0.3) is 0 Å². The minimum absolute atomic E-state index is 0.0993. The standard InChI is InChI=1S/C13H8Br2ClF2N/c14-8-2-1-7(3-10(8)16)6-19-13-5-11(17)9(15)4-12(13)18/h1-5,19H,6H2. The fourth-order valence-corrected chi connectivity index (χ4v) is 2.27. The first-order valence-corrected chi connectivity index (χ1v) is 7.26. The van der Waals surface area contributed by atoms with Crippen LogP contribution in [-0.2, 0) is 6.54 Å². The maximum absolute atomic E-state index is 13.6. The predicted octanol–water partition coefficient (Wildman–Crippen LogP) is 5.76. The lowest BCUT2D eigenvalue weighted by Gasteiger charge is -2.09. The number of benzene rings is 2. The van der Waals surface area contributed by atoms with Crippen molar-refractivity contribution in [3.05, 3.63) is 61.5 Å².